The lowest BCUT2D eigenvalue weighted by Crippen LogP contribution is -2.07. The molecule has 2 amide bonds. The first-order chi connectivity index (χ1) is 12.7. The van der Waals surface area contributed by atoms with Gasteiger partial charge in [-0.1, -0.05) is 23.2 Å². The zero-order valence-electron chi connectivity index (χ0n) is 14.8. The molecule has 0 saturated carbocycles. The number of azo groups is 1. The monoisotopic (exact) mass is 409 g/mol. The molecule has 0 unspecified atom stereocenters. The minimum absolute atomic E-state index is 0.212. The van der Waals surface area contributed by atoms with Gasteiger partial charge >= 0.3 is 0 Å². The fourth-order valence-electron chi connectivity index (χ4n) is 2.16. The number of amides is 2. The predicted octanol–water partition coefficient (Wildman–Crippen LogP) is 4.92. The van der Waals surface area contributed by atoms with E-state index in [1.165, 1.54) is 39.2 Å². The van der Waals surface area contributed by atoms with Crippen molar-refractivity contribution in [2.24, 2.45) is 10.2 Å². The van der Waals surface area contributed by atoms with Gasteiger partial charge in [-0.15, -0.1) is 5.11 Å². The number of methoxy groups -OCH3 is 1. The fraction of sp³-hybridized carbons (Fsp3) is 0.176. The van der Waals surface area contributed by atoms with Crippen LogP contribution in [0.5, 0.6) is 5.75 Å². The molecule has 10 heteroatoms. The minimum atomic E-state index is -0.304. The molecule has 0 aliphatic carbocycles. The lowest BCUT2D eigenvalue weighted by atomic mass is 10.2. The number of nitrogen functional groups attached to an aromatic ring is 1. The molecule has 0 heterocycles. The zero-order chi connectivity index (χ0) is 20.1. The van der Waals surface area contributed by atoms with Crippen molar-refractivity contribution in [2.45, 2.75) is 13.8 Å². The van der Waals surface area contributed by atoms with Gasteiger partial charge in [-0.3, -0.25) is 9.59 Å². The number of ether oxygens (including phenoxy) is 1. The van der Waals surface area contributed by atoms with Gasteiger partial charge in [0.25, 0.3) is 0 Å². The summed E-state index contributed by atoms with van der Waals surface area (Å²) in [6.45, 7) is 2.71. The van der Waals surface area contributed by atoms with Gasteiger partial charge in [0.15, 0.2) is 0 Å². The van der Waals surface area contributed by atoms with E-state index >= 15 is 0 Å². The summed E-state index contributed by atoms with van der Waals surface area (Å²) < 4.78 is 5.17. The van der Waals surface area contributed by atoms with Gasteiger partial charge in [-0.2, -0.15) is 5.11 Å². The molecule has 0 bridgehead atoms. The molecule has 0 aromatic heterocycles. The average Bonchev–Trinajstić information content (AvgIpc) is 2.56. The fourth-order valence-corrected chi connectivity index (χ4v) is 2.73. The number of benzene rings is 2. The van der Waals surface area contributed by atoms with Gasteiger partial charge < -0.3 is 21.1 Å². The maximum absolute atomic E-state index is 11.4. The summed E-state index contributed by atoms with van der Waals surface area (Å²) in [5.74, 6) is -0.209. The number of nitrogens with zero attached hydrogens (tertiary/aromatic N) is 2. The summed E-state index contributed by atoms with van der Waals surface area (Å²) >= 11 is 12.3. The largest absolute Gasteiger partial charge is 0.495 e. The number of nitrogens with two attached hydrogens (primary N) is 1. The van der Waals surface area contributed by atoms with Crippen molar-refractivity contribution >= 4 is 63.5 Å². The van der Waals surface area contributed by atoms with E-state index in [0.717, 1.165) is 0 Å². The Morgan fingerprint density at radius 2 is 1.59 bits per heavy atom. The second kappa shape index (κ2) is 8.70. The summed E-state index contributed by atoms with van der Waals surface area (Å²) in [6.07, 6.45) is 0. The van der Waals surface area contributed by atoms with Crippen LogP contribution in [0.25, 0.3) is 0 Å². The maximum Gasteiger partial charge on any atom is 0.221 e. The Hall–Kier alpha value is -2.84. The van der Waals surface area contributed by atoms with Crippen molar-refractivity contribution in [1.82, 2.24) is 0 Å². The summed E-state index contributed by atoms with van der Waals surface area (Å²) in [4.78, 5) is 22.6. The number of carbonyl (C=O) groups excluding carboxylic acids is 2. The van der Waals surface area contributed by atoms with Gasteiger partial charge in [-0.25, -0.2) is 0 Å². The molecule has 0 atom stereocenters. The standard InChI is InChI=1S/C17H17Cl2N5O3/c1-8(25)21-14-6-13(20)16(27-3)7-15(14)24-23-10-4-11(18)17(12(19)5-10)22-9(2)26/h4-7H,20H2,1-3H3,(H,21,25)(H,22,26)/b24-23+. The van der Waals surface area contributed by atoms with Crippen LogP contribution in [0.4, 0.5) is 28.4 Å². The number of carbonyl (C=O) groups is 2. The van der Waals surface area contributed by atoms with Crippen LogP contribution in [0.3, 0.4) is 0 Å². The van der Waals surface area contributed by atoms with Gasteiger partial charge in [0.2, 0.25) is 11.8 Å². The number of halogens is 2. The molecule has 2 rings (SSSR count). The van der Waals surface area contributed by atoms with Gasteiger partial charge in [0.05, 0.1) is 39.9 Å². The molecule has 0 radical (unpaired) electrons. The van der Waals surface area contributed by atoms with Crippen molar-refractivity contribution in [1.29, 1.82) is 0 Å². The van der Waals surface area contributed by atoms with Crippen molar-refractivity contribution < 1.29 is 14.3 Å². The Kier molecular flexibility index (Phi) is 6.59. The van der Waals surface area contributed by atoms with E-state index < -0.39 is 0 Å². The first kappa shape index (κ1) is 20.5. The van der Waals surface area contributed by atoms with Gasteiger partial charge in [0.1, 0.15) is 11.4 Å². The molecule has 8 nitrogen and oxygen atoms in total. The molecule has 0 aliphatic heterocycles. The lowest BCUT2D eigenvalue weighted by molar-refractivity contribution is -0.115. The third-order valence-corrected chi connectivity index (χ3v) is 3.86. The summed E-state index contributed by atoms with van der Waals surface area (Å²) in [5.41, 5.74) is 7.54. The van der Waals surface area contributed by atoms with Crippen LogP contribution in [0, 0.1) is 0 Å². The molecule has 142 valence electrons. The van der Waals surface area contributed by atoms with E-state index in [9.17, 15) is 9.59 Å². The number of hydrogen-bond donors (Lipinski definition) is 3. The molecule has 0 saturated heterocycles. The first-order valence-corrected chi connectivity index (χ1v) is 8.40. The number of rotatable bonds is 5. The van der Waals surface area contributed by atoms with Crippen LogP contribution in [0.1, 0.15) is 13.8 Å². The van der Waals surface area contributed by atoms with E-state index in [2.05, 4.69) is 20.9 Å². The third-order valence-electron chi connectivity index (χ3n) is 3.26. The van der Waals surface area contributed by atoms with E-state index in [4.69, 9.17) is 33.7 Å². The molecule has 4 N–H and O–H groups in total. The average molecular weight is 410 g/mol. The highest BCUT2D eigenvalue weighted by Crippen LogP contribution is 2.38. The highest BCUT2D eigenvalue weighted by molar-refractivity contribution is 6.40. The topological polar surface area (TPSA) is 118 Å². The Morgan fingerprint density at radius 1 is 1.00 bits per heavy atom. The molecular formula is C17H17Cl2N5O3. The quantitative estimate of drug-likeness (QED) is 0.479. The molecule has 0 spiro atoms. The predicted molar refractivity (Wildman–Crippen MR) is 107 cm³/mol. The Morgan fingerprint density at radius 3 is 2.11 bits per heavy atom. The normalized spacial score (nSPS) is 10.7. The van der Waals surface area contributed by atoms with E-state index in [1.54, 1.807) is 6.07 Å². The second-order valence-corrected chi connectivity index (χ2v) is 6.27. The van der Waals surface area contributed by atoms with E-state index in [0.29, 0.717) is 28.5 Å². The van der Waals surface area contributed by atoms with Gasteiger partial charge in [0, 0.05) is 19.9 Å². The van der Waals surface area contributed by atoms with Crippen LogP contribution in [0.15, 0.2) is 34.5 Å². The lowest BCUT2D eigenvalue weighted by Gasteiger charge is -2.11. The maximum atomic E-state index is 11.4. The van der Waals surface area contributed by atoms with Crippen LogP contribution in [-0.2, 0) is 9.59 Å². The second-order valence-electron chi connectivity index (χ2n) is 5.46. The number of anilines is 3. The van der Waals surface area contributed by atoms with E-state index in [-0.39, 0.29) is 27.5 Å². The molecule has 0 fully saturated rings. The summed E-state index contributed by atoms with van der Waals surface area (Å²) in [5, 5.41) is 13.8. The molecule has 2 aromatic carbocycles. The van der Waals surface area contributed by atoms with Crippen molar-refractivity contribution in [3.63, 3.8) is 0 Å². The van der Waals surface area contributed by atoms with Crippen LogP contribution < -0.4 is 21.1 Å². The number of hydrogen-bond acceptors (Lipinski definition) is 6. The summed E-state index contributed by atoms with van der Waals surface area (Å²) in [7, 11) is 1.46. The smallest absolute Gasteiger partial charge is 0.221 e. The first-order valence-electron chi connectivity index (χ1n) is 7.64. The number of nitrogens with one attached hydrogen (secondary N) is 2. The van der Waals surface area contributed by atoms with Crippen molar-refractivity contribution in [3.8, 4) is 5.75 Å². The van der Waals surface area contributed by atoms with Crippen molar-refractivity contribution in [2.75, 3.05) is 23.5 Å². The van der Waals surface area contributed by atoms with Crippen LogP contribution >= 0.6 is 23.2 Å². The molecule has 27 heavy (non-hydrogen) atoms. The minimum Gasteiger partial charge on any atom is -0.495 e. The summed E-state index contributed by atoms with van der Waals surface area (Å²) in [6, 6.07) is 6.05. The SMILES string of the molecule is COc1cc(/N=N/c2cc(Cl)c(NC(C)=O)c(Cl)c2)c(NC(C)=O)cc1N. The van der Waals surface area contributed by atoms with E-state index in [1.807, 2.05) is 0 Å². The molecule has 0 aliphatic rings. The van der Waals surface area contributed by atoms with Gasteiger partial charge in [-0.05, 0) is 18.2 Å². The highest BCUT2D eigenvalue weighted by Gasteiger charge is 2.12. The Balaban J connectivity index is 2.42. The van der Waals surface area contributed by atoms with Crippen LogP contribution in [0.2, 0.25) is 10.0 Å². The third kappa shape index (κ3) is 5.32. The zero-order valence-corrected chi connectivity index (χ0v) is 16.3. The van der Waals surface area contributed by atoms with Crippen molar-refractivity contribution in [3.05, 3.63) is 34.3 Å². The highest BCUT2D eigenvalue weighted by atomic mass is 35.5. The van der Waals surface area contributed by atoms with Crippen LogP contribution in [-0.4, -0.2) is 18.9 Å². The molecule has 2 aromatic rings. The Bertz CT molecular complexity index is 908. The Labute approximate surface area is 165 Å². The molecular weight excluding hydrogens is 393 g/mol.